The van der Waals surface area contributed by atoms with E-state index >= 15 is 0 Å². The SMILES string of the molecule is Cc1ccc(S(=O)(=O)N2CCSCC2)cc1CCl. The van der Waals surface area contributed by atoms with Gasteiger partial charge in [-0.15, -0.1) is 11.6 Å². The molecule has 0 unspecified atom stereocenters. The van der Waals surface area contributed by atoms with E-state index in [-0.39, 0.29) is 0 Å². The molecule has 1 fully saturated rings. The molecule has 0 N–H and O–H groups in total. The number of hydrogen-bond donors (Lipinski definition) is 0. The van der Waals surface area contributed by atoms with Gasteiger partial charge in [-0.25, -0.2) is 8.42 Å². The van der Waals surface area contributed by atoms with Gasteiger partial charge in [0, 0.05) is 30.5 Å². The van der Waals surface area contributed by atoms with Crippen molar-refractivity contribution in [3.63, 3.8) is 0 Å². The predicted molar refractivity (Wildman–Crippen MR) is 76.8 cm³/mol. The first-order chi connectivity index (χ1) is 8.55. The topological polar surface area (TPSA) is 37.4 Å². The van der Waals surface area contributed by atoms with E-state index in [2.05, 4.69) is 0 Å². The normalized spacial score (nSPS) is 17.9. The molecule has 0 bridgehead atoms. The molecule has 1 saturated heterocycles. The fourth-order valence-corrected chi connectivity index (χ4v) is 4.80. The Bertz CT molecular complexity index is 525. The van der Waals surface area contributed by atoms with Gasteiger partial charge in [-0.1, -0.05) is 6.07 Å². The lowest BCUT2D eigenvalue weighted by Crippen LogP contribution is -2.37. The summed E-state index contributed by atoms with van der Waals surface area (Å²) in [6, 6.07) is 5.19. The molecule has 0 aromatic heterocycles. The summed E-state index contributed by atoms with van der Waals surface area (Å²) in [5.41, 5.74) is 1.90. The van der Waals surface area contributed by atoms with Crippen LogP contribution in [-0.4, -0.2) is 37.3 Å². The van der Waals surface area contributed by atoms with E-state index in [0.29, 0.717) is 23.9 Å². The summed E-state index contributed by atoms with van der Waals surface area (Å²) in [5, 5.41) is 0. The highest BCUT2D eigenvalue weighted by atomic mass is 35.5. The summed E-state index contributed by atoms with van der Waals surface area (Å²) >= 11 is 7.62. The number of nitrogens with zero attached hydrogens (tertiary/aromatic N) is 1. The van der Waals surface area contributed by atoms with Crippen LogP contribution in [0.5, 0.6) is 0 Å². The molecule has 2 rings (SSSR count). The largest absolute Gasteiger partial charge is 0.243 e. The molecule has 0 atom stereocenters. The van der Waals surface area contributed by atoms with Crippen LogP contribution in [0.15, 0.2) is 23.1 Å². The predicted octanol–water partition coefficient (Wildman–Crippen LogP) is 2.47. The Balaban J connectivity index is 2.34. The molecule has 1 aliphatic rings. The first kappa shape index (κ1) is 14.2. The standard InChI is InChI=1S/C12H16ClNO2S2/c1-10-2-3-12(8-11(10)9-13)18(15,16)14-4-6-17-7-5-14/h2-3,8H,4-7,9H2,1H3. The van der Waals surface area contributed by atoms with E-state index in [1.165, 1.54) is 0 Å². The zero-order valence-corrected chi connectivity index (χ0v) is 12.6. The van der Waals surface area contributed by atoms with Gasteiger partial charge in [0.2, 0.25) is 10.0 Å². The van der Waals surface area contributed by atoms with Crippen LogP contribution in [0.2, 0.25) is 0 Å². The number of aryl methyl sites for hydroxylation is 1. The molecule has 3 nitrogen and oxygen atoms in total. The van der Waals surface area contributed by atoms with Crippen molar-refractivity contribution in [1.82, 2.24) is 4.31 Å². The molecular weight excluding hydrogens is 290 g/mol. The van der Waals surface area contributed by atoms with Gasteiger partial charge in [0.15, 0.2) is 0 Å². The molecule has 0 amide bonds. The average Bonchev–Trinajstić information content (AvgIpc) is 2.40. The summed E-state index contributed by atoms with van der Waals surface area (Å²) in [4.78, 5) is 0.357. The molecule has 18 heavy (non-hydrogen) atoms. The molecule has 0 aliphatic carbocycles. The molecule has 0 radical (unpaired) electrons. The lowest BCUT2D eigenvalue weighted by atomic mass is 10.1. The quantitative estimate of drug-likeness (QED) is 0.805. The summed E-state index contributed by atoms with van der Waals surface area (Å²) in [5.74, 6) is 2.08. The van der Waals surface area contributed by atoms with Crippen LogP contribution in [0, 0.1) is 6.92 Å². The van der Waals surface area contributed by atoms with Gasteiger partial charge in [0.25, 0.3) is 0 Å². The number of rotatable bonds is 3. The summed E-state index contributed by atoms with van der Waals surface area (Å²) in [6.45, 7) is 3.12. The monoisotopic (exact) mass is 305 g/mol. The van der Waals surface area contributed by atoms with Crippen molar-refractivity contribution in [2.45, 2.75) is 17.7 Å². The molecule has 1 aliphatic heterocycles. The van der Waals surface area contributed by atoms with Gasteiger partial charge in [-0.3, -0.25) is 0 Å². The molecule has 0 spiro atoms. The zero-order chi connectivity index (χ0) is 13.2. The smallest absolute Gasteiger partial charge is 0.207 e. The number of halogens is 1. The third-order valence-corrected chi connectivity index (χ3v) is 6.20. The van der Waals surface area contributed by atoms with E-state index < -0.39 is 10.0 Å². The maximum absolute atomic E-state index is 12.4. The van der Waals surface area contributed by atoms with Crippen LogP contribution in [0.25, 0.3) is 0 Å². The molecule has 1 aromatic rings. The van der Waals surface area contributed by atoms with Gasteiger partial charge < -0.3 is 0 Å². The van der Waals surface area contributed by atoms with Gasteiger partial charge in [0.05, 0.1) is 4.90 Å². The van der Waals surface area contributed by atoms with Crippen molar-refractivity contribution in [2.24, 2.45) is 0 Å². The Morgan fingerprint density at radius 3 is 2.61 bits per heavy atom. The first-order valence-corrected chi connectivity index (χ1v) is 8.92. The van der Waals surface area contributed by atoms with E-state index in [1.54, 1.807) is 28.2 Å². The molecule has 100 valence electrons. The Labute approximate surface area is 118 Å². The third-order valence-electron chi connectivity index (χ3n) is 3.07. The summed E-state index contributed by atoms with van der Waals surface area (Å²) in [6.07, 6.45) is 0. The van der Waals surface area contributed by atoms with E-state index in [0.717, 1.165) is 22.6 Å². The highest BCUT2D eigenvalue weighted by molar-refractivity contribution is 7.99. The average molecular weight is 306 g/mol. The first-order valence-electron chi connectivity index (χ1n) is 5.79. The second-order valence-electron chi connectivity index (χ2n) is 4.24. The van der Waals surface area contributed by atoms with Crippen LogP contribution < -0.4 is 0 Å². The zero-order valence-electron chi connectivity index (χ0n) is 10.2. The van der Waals surface area contributed by atoms with Crippen LogP contribution in [0.3, 0.4) is 0 Å². The molecule has 1 heterocycles. The minimum Gasteiger partial charge on any atom is -0.207 e. The molecule has 1 aromatic carbocycles. The second-order valence-corrected chi connectivity index (χ2v) is 7.67. The van der Waals surface area contributed by atoms with Crippen LogP contribution in [-0.2, 0) is 15.9 Å². The number of hydrogen-bond acceptors (Lipinski definition) is 3. The van der Waals surface area contributed by atoms with Crippen molar-refractivity contribution in [2.75, 3.05) is 24.6 Å². The van der Waals surface area contributed by atoms with Gasteiger partial charge in [-0.05, 0) is 30.2 Å². The maximum Gasteiger partial charge on any atom is 0.243 e. The van der Waals surface area contributed by atoms with Gasteiger partial charge >= 0.3 is 0 Å². The maximum atomic E-state index is 12.4. The molecule has 6 heteroatoms. The molecular formula is C12H16ClNO2S2. The van der Waals surface area contributed by atoms with Crippen molar-refractivity contribution < 1.29 is 8.42 Å². The fraction of sp³-hybridized carbons (Fsp3) is 0.500. The number of benzene rings is 1. The van der Waals surface area contributed by atoms with E-state index in [9.17, 15) is 8.42 Å². The van der Waals surface area contributed by atoms with Crippen LogP contribution in [0.1, 0.15) is 11.1 Å². The Hall–Kier alpha value is -0.230. The second kappa shape index (κ2) is 5.82. The lowest BCUT2D eigenvalue weighted by Gasteiger charge is -2.25. The minimum atomic E-state index is -3.35. The highest BCUT2D eigenvalue weighted by Gasteiger charge is 2.26. The van der Waals surface area contributed by atoms with Crippen molar-refractivity contribution >= 4 is 33.4 Å². The summed E-state index contributed by atoms with van der Waals surface area (Å²) < 4.78 is 26.4. The Kier molecular flexibility index (Phi) is 4.59. The van der Waals surface area contributed by atoms with Crippen LogP contribution in [0.4, 0.5) is 0 Å². The van der Waals surface area contributed by atoms with Crippen molar-refractivity contribution in [1.29, 1.82) is 0 Å². The Morgan fingerprint density at radius 2 is 2.00 bits per heavy atom. The number of alkyl halides is 1. The Morgan fingerprint density at radius 1 is 1.33 bits per heavy atom. The lowest BCUT2D eigenvalue weighted by molar-refractivity contribution is 0.443. The van der Waals surface area contributed by atoms with Crippen LogP contribution >= 0.6 is 23.4 Å². The number of thioether (sulfide) groups is 1. The third kappa shape index (κ3) is 2.85. The van der Waals surface area contributed by atoms with E-state index in [4.69, 9.17) is 11.6 Å². The highest BCUT2D eigenvalue weighted by Crippen LogP contribution is 2.23. The van der Waals surface area contributed by atoms with Gasteiger partial charge in [0.1, 0.15) is 0 Å². The van der Waals surface area contributed by atoms with E-state index in [1.807, 2.05) is 13.0 Å². The number of sulfonamides is 1. The minimum absolute atomic E-state index is 0.338. The van der Waals surface area contributed by atoms with Crippen molar-refractivity contribution in [3.05, 3.63) is 29.3 Å². The summed E-state index contributed by atoms with van der Waals surface area (Å²) in [7, 11) is -3.35. The fourth-order valence-electron chi connectivity index (χ4n) is 1.89. The van der Waals surface area contributed by atoms with Gasteiger partial charge in [-0.2, -0.15) is 16.1 Å². The van der Waals surface area contributed by atoms with Crippen molar-refractivity contribution in [3.8, 4) is 0 Å². The molecule has 0 saturated carbocycles.